The van der Waals surface area contributed by atoms with Crippen molar-refractivity contribution in [1.82, 2.24) is 10.2 Å². The summed E-state index contributed by atoms with van der Waals surface area (Å²) in [5, 5.41) is 10.6. The number of hydrogen-bond acceptors (Lipinski definition) is 5. The van der Waals surface area contributed by atoms with Gasteiger partial charge in [0, 0.05) is 30.6 Å². The molecule has 1 heterocycles. The van der Waals surface area contributed by atoms with Crippen LogP contribution in [0, 0.1) is 17.2 Å². The minimum Gasteiger partial charge on any atom is -0.469 e. The number of methoxy groups -OCH3 is 1. The number of hydrogen-bond donors (Lipinski definition) is 3. The Kier molecular flexibility index (Phi) is 10.9. The van der Waals surface area contributed by atoms with E-state index in [1.54, 1.807) is 0 Å². The van der Waals surface area contributed by atoms with E-state index >= 15 is 0 Å². The molecule has 0 spiro atoms. The average Bonchev–Trinajstić information content (AvgIpc) is 3.17. The lowest BCUT2D eigenvalue weighted by Crippen LogP contribution is -2.41. The summed E-state index contributed by atoms with van der Waals surface area (Å²) in [6, 6.07) is 17.9. The number of nitrogens with one attached hydrogen (secondary N) is 2. The quantitative estimate of drug-likeness (QED) is 0.209. The molecule has 1 saturated heterocycles. The number of amides is 2. The summed E-state index contributed by atoms with van der Waals surface area (Å²) < 4.78 is 4.80. The van der Waals surface area contributed by atoms with Crippen LogP contribution >= 0.6 is 12.4 Å². The Hall–Kier alpha value is -3.39. The number of carbonyl (C=O) groups excluding carboxylic acids is 3. The minimum absolute atomic E-state index is 0. The Balaban J connectivity index is 0.00000420. The predicted octanol–water partition coefficient (Wildman–Crippen LogP) is 3.81. The van der Waals surface area contributed by atoms with E-state index < -0.39 is 0 Å². The van der Waals surface area contributed by atoms with E-state index in [-0.39, 0.29) is 60.3 Å². The number of carbonyl (C=O) groups is 3. The number of ether oxygens (including phenoxy) is 1. The molecule has 8 nitrogen and oxygen atoms in total. The number of likely N-dealkylation sites (tertiary alicyclic amines) is 1. The van der Waals surface area contributed by atoms with E-state index in [1.807, 2.05) is 47.4 Å². The van der Waals surface area contributed by atoms with Crippen LogP contribution in [0.1, 0.15) is 61.1 Å². The summed E-state index contributed by atoms with van der Waals surface area (Å²) in [6.07, 6.45) is 4.72. The number of nitrogens with two attached hydrogens (primary N) is 1. The highest BCUT2D eigenvalue weighted by molar-refractivity contribution is 5.94. The topological polar surface area (TPSA) is 126 Å². The van der Waals surface area contributed by atoms with E-state index in [2.05, 4.69) is 17.4 Å². The molecule has 1 aliphatic heterocycles. The average molecular weight is 555 g/mol. The van der Waals surface area contributed by atoms with Crippen molar-refractivity contribution in [3.63, 3.8) is 0 Å². The normalized spacial score (nSPS) is 22.0. The lowest BCUT2D eigenvalue weighted by molar-refractivity contribution is -0.144. The van der Waals surface area contributed by atoms with Crippen LogP contribution in [0.15, 0.2) is 54.6 Å². The van der Waals surface area contributed by atoms with Crippen LogP contribution in [0.2, 0.25) is 0 Å². The van der Waals surface area contributed by atoms with E-state index in [0.29, 0.717) is 37.4 Å². The molecule has 0 unspecified atom stereocenters. The van der Waals surface area contributed by atoms with E-state index in [4.69, 9.17) is 15.9 Å². The van der Waals surface area contributed by atoms with E-state index in [1.165, 1.54) is 18.2 Å². The molecule has 39 heavy (non-hydrogen) atoms. The van der Waals surface area contributed by atoms with Crippen LogP contribution in [-0.4, -0.2) is 54.8 Å². The van der Waals surface area contributed by atoms with Crippen molar-refractivity contribution in [2.45, 2.75) is 56.9 Å². The Labute approximate surface area is 236 Å². The number of nitrogens with zero attached hydrogens (tertiary/aromatic N) is 1. The van der Waals surface area contributed by atoms with Crippen LogP contribution in [-0.2, 0) is 25.5 Å². The first kappa shape index (κ1) is 30.2. The molecular formula is C30H39ClN4O4. The predicted molar refractivity (Wildman–Crippen MR) is 153 cm³/mol. The maximum Gasteiger partial charge on any atom is 0.306 e. The van der Waals surface area contributed by atoms with E-state index in [0.717, 1.165) is 25.7 Å². The Morgan fingerprint density at radius 1 is 1.08 bits per heavy atom. The van der Waals surface area contributed by atoms with Gasteiger partial charge in [-0.25, -0.2) is 0 Å². The van der Waals surface area contributed by atoms with Gasteiger partial charge in [-0.05, 0) is 55.6 Å². The maximum absolute atomic E-state index is 13.1. The zero-order valence-corrected chi connectivity index (χ0v) is 23.3. The number of aryl methyl sites for hydroxylation is 1. The first-order valence-corrected chi connectivity index (χ1v) is 13.5. The van der Waals surface area contributed by atoms with Gasteiger partial charge in [0.2, 0.25) is 11.8 Å². The van der Waals surface area contributed by atoms with Gasteiger partial charge >= 0.3 is 5.97 Å². The van der Waals surface area contributed by atoms with Gasteiger partial charge in [0.1, 0.15) is 5.84 Å². The summed E-state index contributed by atoms with van der Waals surface area (Å²) in [5.74, 6) is -0.258. The monoisotopic (exact) mass is 554 g/mol. The fourth-order valence-corrected chi connectivity index (χ4v) is 5.64. The van der Waals surface area contributed by atoms with Crippen molar-refractivity contribution in [2.75, 3.05) is 20.2 Å². The number of benzene rings is 2. The smallest absolute Gasteiger partial charge is 0.306 e. The molecule has 9 heteroatoms. The third kappa shape index (κ3) is 7.82. The number of esters is 1. The van der Waals surface area contributed by atoms with Gasteiger partial charge in [-0.3, -0.25) is 19.8 Å². The fraction of sp³-hybridized carbons (Fsp3) is 0.467. The zero-order valence-electron chi connectivity index (χ0n) is 22.4. The molecule has 210 valence electrons. The summed E-state index contributed by atoms with van der Waals surface area (Å²) in [5.41, 5.74) is 8.64. The largest absolute Gasteiger partial charge is 0.469 e. The number of nitrogen functional groups attached to an aromatic ring is 1. The highest BCUT2D eigenvalue weighted by Gasteiger charge is 2.40. The second-order valence-electron chi connectivity index (χ2n) is 10.5. The maximum atomic E-state index is 13.1. The molecule has 0 aromatic heterocycles. The van der Waals surface area contributed by atoms with Crippen LogP contribution in [0.4, 0.5) is 0 Å². The second kappa shape index (κ2) is 14.1. The highest BCUT2D eigenvalue weighted by Crippen LogP contribution is 2.41. The van der Waals surface area contributed by atoms with Crippen molar-refractivity contribution >= 4 is 36.0 Å². The van der Waals surface area contributed by atoms with Crippen LogP contribution < -0.4 is 11.1 Å². The third-order valence-corrected chi connectivity index (χ3v) is 7.96. The van der Waals surface area contributed by atoms with Gasteiger partial charge in [-0.1, -0.05) is 54.6 Å². The third-order valence-electron chi connectivity index (χ3n) is 7.96. The van der Waals surface area contributed by atoms with Gasteiger partial charge in [-0.15, -0.1) is 12.4 Å². The fourth-order valence-electron chi connectivity index (χ4n) is 5.64. The van der Waals surface area contributed by atoms with Crippen molar-refractivity contribution in [3.05, 3.63) is 71.3 Å². The zero-order chi connectivity index (χ0) is 27.1. The molecule has 4 rings (SSSR count). The molecule has 1 saturated carbocycles. The first-order valence-electron chi connectivity index (χ1n) is 13.5. The van der Waals surface area contributed by atoms with Gasteiger partial charge in [0.25, 0.3) is 0 Å². The summed E-state index contributed by atoms with van der Waals surface area (Å²) in [4.78, 5) is 39.6. The molecule has 2 amide bonds. The molecule has 1 aliphatic carbocycles. The highest BCUT2D eigenvalue weighted by atomic mass is 35.5. The molecule has 2 aromatic carbocycles. The molecule has 2 atom stereocenters. The van der Waals surface area contributed by atoms with Gasteiger partial charge in [0.05, 0.1) is 19.4 Å². The molecule has 4 N–H and O–H groups in total. The summed E-state index contributed by atoms with van der Waals surface area (Å²) >= 11 is 0. The summed E-state index contributed by atoms with van der Waals surface area (Å²) in [6.45, 7) is 1.14. The Morgan fingerprint density at radius 3 is 2.41 bits per heavy atom. The van der Waals surface area contributed by atoms with Crippen LogP contribution in [0.5, 0.6) is 0 Å². The number of rotatable bonds is 12. The number of amidine groups is 1. The standard InChI is InChI=1S/C30H38N4O4.ClH/c1-38-27(35)19-25-18-26(34(30(25)37)15-5-8-20-6-3-2-4-7-20)13-14-33-29(36)24-16-23(17-24)21-9-11-22(12-10-21)28(31)32;/h2-4,6-7,9-12,23-26H,5,8,13-19H2,1H3,(H3,31,32)(H,33,36);1H/t23-,24+,25-,26+;/m0./s1. The van der Waals surface area contributed by atoms with Crippen molar-refractivity contribution in [3.8, 4) is 0 Å². The molecule has 2 fully saturated rings. The van der Waals surface area contributed by atoms with Gasteiger partial charge < -0.3 is 20.7 Å². The molecular weight excluding hydrogens is 516 g/mol. The van der Waals surface area contributed by atoms with Crippen LogP contribution in [0.3, 0.4) is 0 Å². The molecule has 2 aromatic rings. The second-order valence-corrected chi connectivity index (χ2v) is 10.5. The molecule has 0 radical (unpaired) electrons. The van der Waals surface area contributed by atoms with Crippen molar-refractivity contribution in [2.24, 2.45) is 17.6 Å². The first-order chi connectivity index (χ1) is 18.4. The lowest BCUT2D eigenvalue weighted by Gasteiger charge is -2.35. The Bertz CT molecular complexity index is 1140. The minimum atomic E-state index is -0.364. The summed E-state index contributed by atoms with van der Waals surface area (Å²) in [7, 11) is 1.35. The van der Waals surface area contributed by atoms with Crippen LogP contribution in [0.25, 0.3) is 0 Å². The lowest BCUT2D eigenvalue weighted by atomic mass is 9.71. The van der Waals surface area contributed by atoms with Crippen molar-refractivity contribution < 1.29 is 19.1 Å². The van der Waals surface area contributed by atoms with Gasteiger partial charge in [-0.2, -0.15) is 0 Å². The molecule has 2 aliphatic rings. The SMILES string of the molecule is COC(=O)C[C@@H]1C[C@@H](CCNC(=O)[C@H]2C[C@@H](c3ccc(C(=N)N)cc3)C2)N(CCCc2ccccc2)C1=O.Cl. The van der Waals surface area contributed by atoms with Crippen molar-refractivity contribution in [1.29, 1.82) is 5.41 Å². The van der Waals surface area contributed by atoms with Gasteiger partial charge in [0.15, 0.2) is 0 Å². The number of halogens is 1. The van der Waals surface area contributed by atoms with E-state index in [9.17, 15) is 14.4 Å². The Morgan fingerprint density at radius 2 is 1.77 bits per heavy atom. The molecule has 0 bridgehead atoms.